The molecule has 22 heavy (non-hydrogen) atoms. The summed E-state index contributed by atoms with van der Waals surface area (Å²) < 4.78 is 17.7. The fraction of sp³-hybridized carbons (Fsp3) is 0.438. The maximum Gasteiger partial charge on any atom is 0.328 e. The summed E-state index contributed by atoms with van der Waals surface area (Å²) in [6, 6.07) is 4.80. The second-order valence-electron chi connectivity index (χ2n) is 4.88. The van der Waals surface area contributed by atoms with E-state index in [0.29, 0.717) is 12.0 Å². The summed E-state index contributed by atoms with van der Waals surface area (Å²) in [6.45, 7) is 1.73. The molecule has 0 fully saturated rings. The van der Waals surface area contributed by atoms with Crippen molar-refractivity contribution < 1.29 is 23.5 Å². The predicted molar refractivity (Wildman–Crippen MR) is 78.6 cm³/mol. The first-order valence-corrected chi connectivity index (χ1v) is 7.09. The van der Waals surface area contributed by atoms with E-state index in [1.54, 1.807) is 13.0 Å². The van der Waals surface area contributed by atoms with Crippen LogP contribution in [0.5, 0.6) is 0 Å². The van der Waals surface area contributed by atoms with Gasteiger partial charge < -0.3 is 10.1 Å². The zero-order valence-corrected chi connectivity index (χ0v) is 12.7. The highest BCUT2D eigenvalue weighted by atomic mass is 19.1. The zero-order valence-electron chi connectivity index (χ0n) is 12.7. The van der Waals surface area contributed by atoms with Gasteiger partial charge in [0.1, 0.15) is 17.6 Å². The van der Waals surface area contributed by atoms with Crippen molar-refractivity contribution in [2.75, 3.05) is 7.11 Å². The first kappa shape index (κ1) is 17.8. The summed E-state index contributed by atoms with van der Waals surface area (Å²) in [5.74, 6) is -1.45. The van der Waals surface area contributed by atoms with Gasteiger partial charge in [0, 0.05) is 12.8 Å². The van der Waals surface area contributed by atoms with Crippen molar-refractivity contribution in [2.45, 2.75) is 38.6 Å². The van der Waals surface area contributed by atoms with Crippen molar-refractivity contribution in [3.05, 3.63) is 35.6 Å². The van der Waals surface area contributed by atoms with Gasteiger partial charge in [-0.3, -0.25) is 9.59 Å². The number of ether oxygens (including phenoxy) is 1. The summed E-state index contributed by atoms with van der Waals surface area (Å²) in [5.41, 5.74) is 0.505. The molecule has 0 aliphatic carbocycles. The second-order valence-corrected chi connectivity index (χ2v) is 4.88. The van der Waals surface area contributed by atoms with Crippen LogP contribution in [0.4, 0.5) is 4.39 Å². The number of esters is 1. The zero-order chi connectivity index (χ0) is 16.5. The lowest BCUT2D eigenvalue weighted by molar-refractivity contribution is -0.145. The number of halogens is 1. The van der Waals surface area contributed by atoms with Gasteiger partial charge in [-0.2, -0.15) is 0 Å². The molecule has 0 unspecified atom stereocenters. The molecule has 0 aromatic heterocycles. The van der Waals surface area contributed by atoms with E-state index in [-0.39, 0.29) is 25.0 Å². The maximum absolute atomic E-state index is 13.1. The number of rotatable bonds is 8. The predicted octanol–water partition coefficient (Wildman–Crippen LogP) is 1.79. The average molecular weight is 309 g/mol. The lowest BCUT2D eigenvalue weighted by atomic mass is 10.1. The first-order valence-electron chi connectivity index (χ1n) is 7.09. The Hall–Kier alpha value is -2.24. The normalized spacial score (nSPS) is 11.6. The topological polar surface area (TPSA) is 72.5 Å². The molecule has 1 aromatic carbocycles. The highest BCUT2D eigenvalue weighted by Gasteiger charge is 2.22. The Morgan fingerprint density at radius 2 is 2.05 bits per heavy atom. The van der Waals surface area contributed by atoms with Gasteiger partial charge in [0.25, 0.3) is 0 Å². The van der Waals surface area contributed by atoms with Gasteiger partial charge in [-0.25, -0.2) is 9.18 Å². The average Bonchev–Trinajstić information content (AvgIpc) is 2.50. The Balaban J connectivity index is 2.62. The third-order valence-corrected chi connectivity index (χ3v) is 3.18. The summed E-state index contributed by atoms with van der Waals surface area (Å²) in [4.78, 5) is 34.9. The number of methoxy groups -OCH3 is 1. The van der Waals surface area contributed by atoms with Crippen molar-refractivity contribution in [1.29, 1.82) is 0 Å². The van der Waals surface area contributed by atoms with Crippen LogP contribution in [0.15, 0.2) is 24.3 Å². The third-order valence-electron chi connectivity index (χ3n) is 3.18. The van der Waals surface area contributed by atoms with E-state index in [1.165, 1.54) is 25.3 Å². The molecule has 0 saturated heterocycles. The Morgan fingerprint density at radius 1 is 1.32 bits per heavy atom. The number of hydrogen-bond donors (Lipinski definition) is 1. The molecular weight excluding hydrogens is 289 g/mol. The van der Waals surface area contributed by atoms with Crippen LogP contribution in [-0.4, -0.2) is 30.8 Å². The number of Topliss-reactive ketones (excluding diaryl/α,β-unsaturated/α-hetero) is 1. The minimum absolute atomic E-state index is 0.00767. The van der Waals surface area contributed by atoms with Gasteiger partial charge in [0.2, 0.25) is 5.91 Å². The van der Waals surface area contributed by atoms with Gasteiger partial charge in [-0.15, -0.1) is 0 Å². The summed E-state index contributed by atoms with van der Waals surface area (Å²) >= 11 is 0. The molecule has 0 bridgehead atoms. The number of carbonyl (C=O) groups excluding carboxylic acids is 3. The van der Waals surface area contributed by atoms with Gasteiger partial charge in [-0.1, -0.05) is 19.1 Å². The molecule has 0 heterocycles. The molecule has 1 rings (SSSR count). The van der Waals surface area contributed by atoms with Crippen molar-refractivity contribution in [3.63, 3.8) is 0 Å². The Bertz CT molecular complexity index is 545. The highest BCUT2D eigenvalue weighted by Crippen LogP contribution is 2.06. The van der Waals surface area contributed by atoms with Crippen molar-refractivity contribution in [3.8, 4) is 0 Å². The van der Waals surface area contributed by atoms with Crippen LogP contribution in [0.3, 0.4) is 0 Å². The minimum atomic E-state index is -0.874. The smallest absolute Gasteiger partial charge is 0.328 e. The Kier molecular flexibility index (Phi) is 7.22. The van der Waals surface area contributed by atoms with Gasteiger partial charge in [-0.05, 0) is 24.1 Å². The molecule has 0 saturated carbocycles. The van der Waals surface area contributed by atoms with Gasteiger partial charge in [0.15, 0.2) is 0 Å². The number of nitrogens with one attached hydrogen (secondary N) is 1. The van der Waals surface area contributed by atoms with E-state index in [2.05, 4.69) is 10.1 Å². The van der Waals surface area contributed by atoms with E-state index in [9.17, 15) is 18.8 Å². The number of amides is 1. The van der Waals surface area contributed by atoms with Crippen LogP contribution in [0, 0.1) is 5.82 Å². The molecule has 0 aliphatic rings. The number of ketones is 1. The monoisotopic (exact) mass is 309 g/mol. The first-order chi connectivity index (χ1) is 10.5. The van der Waals surface area contributed by atoms with Crippen LogP contribution in [0.2, 0.25) is 0 Å². The molecular formula is C16H20FNO4. The third kappa shape index (κ3) is 6.03. The molecule has 1 N–H and O–H groups in total. The van der Waals surface area contributed by atoms with Crippen molar-refractivity contribution >= 4 is 17.7 Å². The highest BCUT2D eigenvalue weighted by molar-refractivity contribution is 5.86. The van der Waals surface area contributed by atoms with E-state index in [1.807, 2.05) is 0 Å². The Labute approximate surface area is 128 Å². The molecule has 5 nitrogen and oxygen atoms in total. The standard InChI is InChI=1S/C16H20FNO4/c1-3-13(19)7-8-14(16(21)22-2)18-15(20)10-11-5-4-6-12(17)9-11/h4-6,9,14H,3,7-8,10H2,1-2H3,(H,18,20)/t14-/m1/s1. The van der Waals surface area contributed by atoms with Gasteiger partial charge in [0.05, 0.1) is 13.5 Å². The second kappa shape index (κ2) is 8.92. The maximum atomic E-state index is 13.1. The van der Waals surface area contributed by atoms with Crippen LogP contribution in [-0.2, 0) is 25.5 Å². The molecule has 1 atom stereocenters. The lowest BCUT2D eigenvalue weighted by Crippen LogP contribution is -2.42. The lowest BCUT2D eigenvalue weighted by Gasteiger charge is -2.16. The molecule has 1 aromatic rings. The van der Waals surface area contributed by atoms with E-state index in [0.717, 1.165) is 0 Å². The van der Waals surface area contributed by atoms with E-state index in [4.69, 9.17) is 0 Å². The summed E-state index contributed by atoms with van der Waals surface area (Å²) in [7, 11) is 1.22. The van der Waals surface area contributed by atoms with Crippen molar-refractivity contribution in [1.82, 2.24) is 5.32 Å². The number of benzene rings is 1. The summed E-state index contributed by atoms with van der Waals surface area (Å²) in [5, 5.41) is 2.53. The van der Waals surface area contributed by atoms with Crippen LogP contribution in [0.1, 0.15) is 31.7 Å². The minimum Gasteiger partial charge on any atom is -0.467 e. The fourth-order valence-corrected chi connectivity index (χ4v) is 1.95. The molecule has 0 spiro atoms. The van der Waals surface area contributed by atoms with E-state index < -0.39 is 23.7 Å². The van der Waals surface area contributed by atoms with Crippen molar-refractivity contribution in [2.24, 2.45) is 0 Å². The molecule has 0 aliphatic heterocycles. The SMILES string of the molecule is CCC(=O)CC[C@@H](NC(=O)Cc1cccc(F)c1)C(=O)OC. The quantitative estimate of drug-likeness (QED) is 0.743. The molecule has 0 radical (unpaired) electrons. The van der Waals surface area contributed by atoms with E-state index >= 15 is 0 Å². The molecule has 1 amide bonds. The largest absolute Gasteiger partial charge is 0.467 e. The molecule has 120 valence electrons. The van der Waals surface area contributed by atoms with Crippen LogP contribution in [0.25, 0.3) is 0 Å². The Morgan fingerprint density at radius 3 is 2.64 bits per heavy atom. The fourth-order valence-electron chi connectivity index (χ4n) is 1.95. The van der Waals surface area contributed by atoms with Gasteiger partial charge >= 0.3 is 5.97 Å². The number of carbonyl (C=O) groups is 3. The van der Waals surface area contributed by atoms with Crippen LogP contribution >= 0.6 is 0 Å². The summed E-state index contributed by atoms with van der Waals surface area (Å²) in [6.07, 6.45) is 0.711. The molecule has 6 heteroatoms. The number of hydrogen-bond acceptors (Lipinski definition) is 4. The van der Waals surface area contributed by atoms with Crippen LogP contribution < -0.4 is 5.32 Å².